The summed E-state index contributed by atoms with van der Waals surface area (Å²) < 4.78 is 10.4. The minimum Gasteiger partial charge on any atom is -0.496 e. The van der Waals surface area contributed by atoms with Crippen LogP contribution in [-0.2, 0) is 4.74 Å². The Morgan fingerprint density at radius 1 is 1.27 bits per heavy atom. The molecular weight excluding hydrogens is 282 g/mol. The number of hydrogen-bond acceptors (Lipinski definition) is 6. The molecule has 0 aliphatic carbocycles. The van der Waals surface area contributed by atoms with Crippen LogP contribution in [0.4, 0.5) is 5.82 Å². The van der Waals surface area contributed by atoms with Crippen molar-refractivity contribution in [3.8, 4) is 17.1 Å². The zero-order valence-electron chi connectivity index (χ0n) is 13.2. The molecule has 1 heterocycles. The molecule has 1 aromatic heterocycles. The maximum atomic E-state index is 12.0. The lowest BCUT2D eigenvalue weighted by molar-refractivity contribution is 0.0526. The third-order valence-corrected chi connectivity index (χ3v) is 3.04. The number of ether oxygens (including phenoxy) is 2. The summed E-state index contributed by atoms with van der Waals surface area (Å²) in [6, 6.07) is 7.48. The van der Waals surface area contributed by atoms with Crippen LogP contribution in [0, 0.1) is 0 Å². The number of nitrogens with zero attached hydrogens (tertiary/aromatic N) is 3. The number of carbonyl (C=O) groups is 1. The van der Waals surface area contributed by atoms with Gasteiger partial charge in [-0.2, -0.15) is 0 Å². The van der Waals surface area contributed by atoms with Crippen molar-refractivity contribution in [2.45, 2.75) is 6.92 Å². The summed E-state index contributed by atoms with van der Waals surface area (Å²) in [4.78, 5) is 22.5. The van der Waals surface area contributed by atoms with E-state index in [-0.39, 0.29) is 0 Å². The van der Waals surface area contributed by atoms with E-state index in [1.54, 1.807) is 18.9 Å². The second-order valence-corrected chi connectivity index (χ2v) is 4.75. The third-order valence-electron chi connectivity index (χ3n) is 3.04. The second kappa shape index (κ2) is 6.89. The molecule has 2 rings (SSSR count). The lowest BCUT2D eigenvalue weighted by atomic mass is 10.2. The number of esters is 1. The van der Waals surface area contributed by atoms with Gasteiger partial charge in [0.25, 0.3) is 0 Å². The first-order chi connectivity index (χ1) is 10.6. The molecule has 116 valence electrons. The Bertz CT molecular complexity index is 671. The standard InChI is InChI=1S/C16H19N3O3/c1-5-22-16(20)12-10-17-14(18-15(12)19(2)3)11-8-6-7-9-13(11)21-4/h6-10H,5H2,1-4H3. The number of benzene rings is 1. The smallest absolute Gasteiger partial charge is 0.343 e. The van der Waals surface area contributed by atoms with Crippen molar-refractivity contribution in [3.63, 3.8) is 0 Å². The van der Waals surface area contributed by atoms with Gasteiger partial charge in [0.1, 0.15) is 17.1 Å². The molecule has 1 aromatic carbocycles. The Labute approximate surface area is 129 Å². The van der Waals surface area contributed by atoms with E-state index in [1.165, 1.54) is 6.20 Å². The summed E-state index contributed by atoms with van der Waals surface area (Å²) >= 11 is 0. The first kappa shape index (κ1) is 15.8. The lowest BCUT2D eigenvalue weighted by Gasteiger charge is -2.16. The molecule has 0 saturated carbocycles. The molecule has 0 aliphatic heterocycles. The van der Waals surface area contributed by atoms with Crippen LogP contribution in [0.5, 0.6) is 5.75 Å². The number of aromatic nitrogens is 2. The Morgan fingerprint density at radius 3 is 2.64 bits per heavy atom. The largest absolute Gasteiger partial charge is 0.496 e. The normalized spacial score (nSPS) is 10.2. The van der Waals surface area contributed by atoms with E-state index in [1.807, 2.05) is 38.4 Å². The summed E-state index contributed by atoms with van der Waals surface area (Å²) in [7, 11) is 5.23. The van der Waals surface area contributed by atoms with Crippen molar-refractivity contribution >= 4 is 11.8 Å². The van der Waals surface area contributed by atoms with E-state index in [0.29, 0.717) is 29.6 Å². The van der Waals surface area contributed by atoms with Crippen LogP contribution in [0.15, 0.2) is 30.5 Å². The van der Waals surface area contributed by atoms with E-state index >= 15 is 0 Å². The van der Waals surface area contributed by atoms with Crippen LogP contribution >= 0.6 is 0 Å². The fourth-order valence-electron chi connectivity index (χ4n) is 2.03. The summed E-state index contributed by atoms with van der Waals surface area (Å²) in [6.07, 6.45) is 1.49. The Balaban J connectivity index is 2.52. The van der Waals surface area contributed by atoms with E-state index in [9.17, 15) is 4.79 Å². The number of rotatable bonds is 5. The van der Waals surface area contributed by atoms with E-state index < -0.39 is 5.97 Å². The third kappa shape index (κ3) is 3.16. The minimum absolute atomic E-state index is 0.306. The molecule has 2 aromatic rings. The molecule has 6 heteroatoms. The minimum atomic E-state index is -0.433. The van der Waals surface area contributed by atoms with Crippen LogP contribution in [0.3, 0.4) is 0 Å². The maximum Gasteiger partial charge on any atom is 0.343 e. The van der Waals surface area contributed by atoms with Gasteiger partial charge in [-0.3, -0.25) is 0 Å². The van der Waals surface area contributed by atoms with Crippen LogP contribution < -0.4 is 9.64 Å². The molecule has 0 spiro atoms. The van der Waals surface area contributed by atoms with Crippen LogP contribution in [0.1, 0.15) is 17.3 Å². The summed E-state index contributed by atoms with van der Waals surface area (Å²) in [5.41, 5.74) is 1.11. The molecule has 0 N–H and O–H groups in total. The molecule has 0 amide bonds. The van der Waals surface area contributed by atoms with Gasteiger partial charge < -0.3 is 14.4 Å². The molecule has 0 fully saturated rings. The molecule has 0 bridgehead atoms. The first-order valence-electron chi connectivity index (χ1n) is 6.93. The molecular formula is C16H19N3O3. The van der Waals surface area contributed by atoms with Crippen molar-refractivity contribution < 1.29 is 14.3 Å². The van der Waals surface area contributed by atoms with Gasteiger partial charge in [0.2, 0.25) is 0 Å². The highest BCUT2D eigenvalue weighted by molar-refractivity contribution is 5.94. The predicted molar refractivity (Wildman–Crippen MR) is 84.3 cm³/mol. The fraction of sp³-hybridized carbons (Fsp3) is 0.312. The van der Waals surface area contributed by atoms with Gasteiger partial charge in [-0.1, -0.05) is 12.1 Å². The highest BCUT2D eigenvalue weighted by Gasteiger charge is 2.19. The van der Waals surface area contributed by atoms with Crippen LogP contribution in [0.25, 0.3) is 11.4 Å². The number of methoxy groups -OCH3 is 1. The molecule has 0 saturated heterocycles. The molecule has 0 atom stereocenters. The Kier molecular flexibility index (Phi) is 4.93. The molecule has 0 radical (unpaired) electrons. The SMILES string of the molecule is CCOC(=O)c1cnc(-c2ccccc2OC)nc1N(C)C. The Hall–Kier alpha value is -2.63. The van der Waals surface area contributed by atoms with Crippen molar-refractivity contribution in [1.82, 2.24) is 9.97 Å². The van der Waals surface area contributed by atoms with E-state index in [2.05, 4.69) is 9.97 Å². The summed E-state index contributed by atoms with van der Waals surface area (Å²) in [5.74, 6) is 1.25. The monoisotopic (exact) mass is 301 g/mol. The highest BCUT2D eigenvalue weighted by atomic mass is 16.5. The quantitative estimate of drug-likeness (QED) is 0.790. The van der Waals surface area contributed by atoms with Gasteiger partial charge in [0, 0.05) is 20.3 Å². The topological polar surface area (TPSA) is 64.5 Å². The maximum absolute atomic E-state index is 12.0. The molecule has 0 unspecified atom stereocenters. The van der Waals surface area contributed by atoms with Gasteiger partial charge in [0.05, 0.1) is 19.3 Å². The predicted octanol–water partition coefficient (Wildman–Crippen LogP) is 2.39. The van der Waals surface area contributed by atoms with E-state index in [0.717, 1.165) is 5.56 Å². The van der Waals surface area contributed by atoms with Gasteiger partial charge >= 0.3 is 5.97 Å². The second-order valence-electron chi connectivity index (χ2n) is 4.75. The van der Waals surface area contributed by atoms with Crippen molar-refractivity contribution in [1.29, 1.82) is 0 Å². The fourth-order valence-corrected chi connectivity index (χ4v) is 2.03. The molecule has 22 heavy (non-hydrogen) atoms. The average Bonchev–Trinajstić information content (AvgIpc) is 2.54. The lowest BCUT2D eigenvalue weighted by Crippen LogP contribution is -2.18. The number of hydrogen-bond donors (Lipinski definition) is 0. The van der Waals surface area contributed by atoms with Gasteiger partial charge in [-0.25, -0.2) is 14.8 Å². The van der Waals surface area contributed by atoms with Crippen molar-refractivity contribution in [2.24, 2.45) is 0 Å². The summed E-state index contributed by atoms with van der Waals surface area (Å²) in [6.45, 7) is 2.07. The zero-order valence-corrected chi connectivity index (χ0v) is 13.2. The van der Waals surface area contributed by atoms with Gasteiger partial charge in [0.15, 0.2) is 5.82 Å². The van der Waals surface area contributed by atoms with Crippen LogP contribution in [-0.4, -0.2) is 43.7 Å². The first-order valence-corrected chi connectivity index (χ1v) is 6.93. The average molecular weight is 301 g/mol. The summed E-state index contributed by atoms with van der Waals surface area (Å²) in [5, 5.41) is 0. The Morgan fingerprint density at radius 2 is 2.00 bits per heavy atom. The number of para-hydroxylation sites is 1. The zero-order chi connectivity index (χ0) is 16.1. The number of carbonyl (C=O) groups excluding carboxylic acids is 1. The van der Waals surface area contributed by atoms with Crippen molar-refractivity contribution in [2.75, 3.05) is 32.7 Å². The highest BCUT2D eigenvalue weighted by Crippen LogP contribution is 2.28. The van der Waals surface area contributed by atoms with E-state index in [4.69, 9.17) is 9.47 Å². The number of anilines is 1. The van der Waals surface area contributed by atoms with Crippen LogP contribution in [0.2, 0.25) is 0 Å². The van der Waals surface area contributed by atoms with Gasteiger partial charge in [-0.05, 0) is 19.1 Å². The van der Waals surface area contributed by atoms with Crippen molar-refractivity contribution in [3.05, 3.63) is 36.0 Å². The molecule has 6 nitrogen and oxygen atoms in total. The molecule has 0 aliphatic rings. The van der Waals surface area contributed by atoms with Gasteiger partial charge in [-0.15, -0.1) is 0 Å².